The van der Waals surface area contributed by atoms with E-state index in [4.69, 9.17) is 0 Å². The second kappa shape index (κ2) is 6.41. The Morgan fingerprint density at radius 3 is 2.70 bits per heavy atom. The summed E-state index contributed by atoms with van der Waals surface area (Å²) < 4.78 is 39.4. The van der Waals surface area contributed by atoms with Gasteiger partial charge < -0.3 is 10.4 Å². The number of halogens is 3. The molecule has 23 heavy (non-hydrogen) atoms. The summed E-state index contributed by atoms with van der Waals surface area (Å²) in [5.41, 5.74) is 0.119. The average Bonchev–Trinajstić information content (AvgIpc) is 2.82. The summed E-state index contributed by atoms with van der Waals surface area (Å²) >= 11 is 0. The van der Waals surface area contributed by atoms with Crippen molar-refractivity contribution in [2.45, 2.75) is 19.2 Å². The Labute approximate surface area is 130 Å². The largest absolute Gasteiger partial charge is 0.416 e. The van der Waals surface area contributed by atoms with Gasteiger partial charge in [-0.1, -0.05) is 12.1 Å². The molecule has 0 aliphatic carbocycles. The SMILES string of the molecule is Cc1nn(C)cc1C(=O)NCC(O)c1cccc(C(F)(F)F)c1. The van der Waals surface area contributed by atoms with Gasteiger partial charge in [-0.05, 0) is 24.6 Å². The van der Waals surface area contributed by atoms with E-state index in [2.05, 4.69) is 10.4 Å². The first-order valence-corrected chi connectivity index (χ1v) is 6.82. The Morgan fingerprint density at radius 2 is 2.13 bits per heavy atom. The third-order valence-electron chi connectivity index (χ3n) is 3.31. The predicted molar refractivity (Wildman–Crippen MR) is 76.7 cm³/mol. The van der Waals surface area contributed by atoms with E-state index in [1.807, 2.05) is 0 Å². The maximum absolute atomic E-state index is 12.7. The molecule has 5 nitrogen and oxygen atoms in total. The van der Waals surface area contributed by atoms with E-state index in [1.54, 1.807) is 14.0 Å². The lowest BCUT2D eigenvalue weighted by Crippen LogP contribution is -2.28. The van der Waals surface area contributed by atoms with Gasteiger partial charge in [0.2, 0.25) is 0 Å². The number of aliphatic hydroxyl groups excluding tert-OH is 1. The number of hydrogen-bond donors (Lipinski definition) is 2. The zero-order chi connectivity index (χ0) is 17.2. The lowest BCUT2D eigenvalue weighted by molar-refractivity contribution is -0.137. The molecule has 1 aromatic heterocycles. The summed E-state index contributed by atoms with van der Waals surface area (Å²) in [5.74, 6) is -0.443. The Bertz CT molecular complexity index is 710. The molecule has 1 unspecified atom stereocenters. The van der Waals surface area contributed by atoms with Gasteiger partial charge in [0.1, 0.15) is 0 Å². The van der Waals surface area contributed by atoms with E-state index >= 15 is 0 Å². The number of hydrogen-bond acceptors (Lipinski definition) is 3. The van der Waals surface area contributed by atoms with E-state index in [1.165, 1.54) is 23.0 Å². The first-order chi connectivity index (χ1) is 10.7. The number of aromatic nitrogens is 2. The molecule has 0 saturated heterocycles. The van der Waals surface area contributed by atoms with Crippen molar-refractivity contribution in [3.05, 3.63) is 52.8 Å². The van der Waals surface area contributed by atoms with Crippen molar-refractivity contribution in [2.24, 2.45) is 7.05 Å². The summed E-state index contributed by atoms with van der Waals surface area (Å²) in [4.78, 5) is 12.0. The van der Waals surface area contributed by atoms with Crippen LogP contribution in [0.3, 0.4) is 0 Å². The van der Waals surface area contributed by atoms with Crippen LogP contribution in [0.2, 0.25) is 0 Å². The monoisotopic (exact) mass is 327 g/mol. The van der Waals surface area contributed by atoms with Crippen LogP contribution in [0.1, 0.15) is 33.3 Å². The van der Waals surface area contributed by atoms with Crippen LogP contribution in [0.4, 0.5) is 13.2 Å². The maximum Gasteiger partial charge on any atom is 0.416 e. The lowest BCUT2D eigenvalue weighted by atomic mass is 10.1. The molecule has 2 aromatic rings. The van der Waals surface area contributed by atoms with Gasteiger partial charge in [-0.15, -0.1) is 0 Å². The summed E-state index contributed by atoms with van der Waals surface area (Å²) in [7, 11) is 1.67. The van der Waals surface area contributed by atoms with Crippen molar-refractivity contribution in [2.75, 3.05) is 6.54 Å². The van der Waals surface area contributed by atoms with Crippen LogP contribution in [0.5, 0.6) is 0 Å². The van der Waals surface area contributed by atoms with Crippen LogP contribution in [-0.4, -0.2) is 27.3 Å². The minimum Gasteiger partial charge on any atom is -0.387 e. The normalized spacial score (nSPS) is 13.0. The molecule has 1 aromatic carbocycles. The number of carbonyl (C=O) groups excluding carboxylic acids is 1. The highest BCUT2D eigenvalue weighted by atomic mass is 19.4. The van der Waals surface area contributed by atoms with Crippen molar-refractivity contribution >= 4 is 5.91 Å². The average molecular weight is 327 g/mol. The number of aryl methyl sites for hydroxylation is 2. The van der Waals surface area contributed by atoms with E-state index in [-0.39, 0.29) is 12.1 Å². The third-order valence-corrected chi connectivity index (χ3v) is 3.31. The van der Waals surface area contributed by atoms with Gasteiger partial charge in [0.15, 0.2) is 0 Å². The first-order valence-electron chi connectivity index (χ1n) is 6.82. The Morgan fingerprint density at radius 1 is 1.43 bits per heavy atom. The van der Waals surface area contributed by atoms with Crippen LogP contribution in [0.15, 0.2) is 30.5 Å². The smallest absolute Gasteiger partial charge is 0.387 e. The molecular weight excluding hydrogens is 311 g/mol. The van der Waals surface area contributed by atoms with Gasteiger partial charge >= 0.3 is 6.18 Å². The lowest BCUT2D eigenvalue weighted by Gasteiger charge is -2.14. The van der Waals surface area contributed by atoms with Gasteiger partial charge in [0, 0.05) is 19.8 Å². The maximum atomic E-state index is 12.7. The van der Waals surface area contributed by atoms with Crippen molar-refractivity contribution < 1.29 is 23.1 Å². The second-order valence-electron chi connectivity index (χ2n) is 5.15. The number of rotatable bonds is 4. The van der Waals surface area contributed by atoms with E-state index in [0.717, 1.165) is 12.1 Å². The van der Waals surface area contributed by atoms with Crippen LogP contribution in [0, 0.1) is 6.92 Å². The molecule has 1 atom stereocenters. The van der Waals surface area contributed by atoms with Gasteiger partial charge in [0.25, 0.3) is 5.91 Å². The molecule has 2 rings (SSSR count). The number of alkyl halides is 3. The summed E-state index contributed by atoms with van der Waals surface area (Å²) in [6.07, 6.45) is -4.19. The number of benzene rings is 1. The van der Waals surface area contributed by atoms with Crippen LogP contribution in [-0.2, 0) is 13.2 Å². The highest BCUT2D eigenvalue weighted by Crippen LogP contribution is 2.30. The molecule has 8 heteroatoms. The zero-order valence-electron chi connectivity index (χ0n) is 12.6. The molecular formula is C15H16F3N3O2. The first kappa shape index (κ1) is 17.0. The minimum atomic E-state index is -4.48. The van der Waals surface area contributed by atoms with Crippen molar-refractivity contribution in [3.8, 4) is 0 Å². The molecule has 1 heterocycles. The van der Waals surface area contributed by atoms with Gasteiger partial charge in [-0.3, -0.25) is 9.48 Å². The van der Waals surface area contributed by atoms with Crippen LogP contribution in [0.25, 0.3) is 0 Å². The molecule has 1 amide bonds. The molecule has 0 aliphatic heterocycles. The highest BCUT2D eigenvalue weighted by molar-refractivity contribution is 5.95. The fraction of sp³-hybridized carbons (Fsp3) is 0.333. The standard InChI is InChI=1S/C15H16F3N3O2/c1-9-12(8-21(2)20-9)14(23)19-7-13(22)10-4-3-5-11(6-10)15(16,17)18/h3-6,8,13,22H,7H2,1-2H3,(H,19,23). The molecule has 124 valence electrons. The fourth-order valence-electron chi connectivity index (χ4n) is 2.15. The molecule has 0 bridgehead atoms. The number of amides is 1. The number of nitrogens with one attached hydrogen (secondary N) is 1. The molecule has 0 aliphatic rings. The van der Waals surface area contributed by atoms with Crippen molar-refractivity contribution in [3.63, 3.8) is 0 Å². The van der Waals surface area contributed by atoms with E-state index in [9.17, 15) is 23.1 Å². The Kier molecular flexibility index (Phi) is 4.74. The van der Waals surface area contributed by atoms with E-state index < -0.39 is 23.8 Å². The number of carbonyl (C=O) groups is 1. The quantitative estimate of drug-likeness (QED) is 0.905. The minimum absolute atomic E-state index is 0.0861. The van der Waals surface area contributed by atoms with Crippen molar-refractivity contribution in [1.29, 1.82) is 0 Å². The number of nitrogens with zero attached hydrogens (tertiary/aromatic N) is 2. The summed E-state index contributed by atoms with van der Waals surface area (Å²) in [5, 5.41) is 16.5. The fourth-order valence-corrected chi connectivity index (χ4v) is 2.15. The zero-order valence-corrected chi connectivity index (χ0v) is 12.6. The number of aliphatic hydroxyl groups is 1. The Balaban J connectivity index is 2.04. The highest BCUT2D eigenvalue weighted by Gasteiger charge is 2.30. The summed E-state index contributed by atoms with van der Waals surface area (Å²) in [6.45, 7) is 1.46. The van der Waals surface area contributed by atoms with Crippen LogP contribution >= 0.6 is 0 Å². The van der Waals surface area contributed by atoms with Gasteiger partial charge in [-0.2, -0.15) is 18.3 Å². The third kappa shape index (κ3) is 4.10. The molecule has 0 fully saturated rings. The molecule has 0 radical (unpaired) electrons. The van der Waals surface area contributed by atoms with Crippen molar-refractivity contribution in [1.82, 2.24) is 15.1 Å². The van der Waals surface area contributed by atoms with Gasteiger partial charge in [-0.25, -0.2) is 0 Å². The van der Waals surface area contributed by atoms with E-state index in [0.29, 0.717) is 11.3 Å². The topological polar surface area (TPSA) is 67.2 Å². The predicted octanol–water partition coefficient (Wildman–Crippen LogP) is 2.21. The van der Waals surface area contributed by atoms with Crippen LogP contribution < -0.4 is 5.32 Å². The molecule has 2 N–H and O–H groups in total. The molecule has 0 saturated carbocycles. The summed E-state index contributed by atoms with van der Waals surface area (Å²) in [6, 6.07) is 4.38. The second-order valence-corrected chi connectivity index (χ2v) is 5.15. The molecule has 0 spiro atoms. The Hall–Kier alpha value is -2.35. The van der Waals surface area contributed by atoms with Gasteiger partial charge in [0.05, 0.1) is 22.9 Å².